The molecule has 1 saturated heterocycles. The van der Waals surface area contributed by atoms with Crippen LogP contribution in [-0.4, -0.2) is 50.0 Å². The Bertz CT molecular complexity index is 660. The van der Waals surface area contributed by atoms with Crippen molar-refractivity contribution in [2.75, 3.05) is 40.0 Å². The SMILES string of the molecule is COc1ccc2cc(C3CN(CCO)CCO3)ccc2c1Cl. The van der Waals surface area contributed by atoms with E-state index in [-0.39, 0.29) is 12.7 Å². The molecular weight excluding hydrogens is 302 g/mol. The quantitative estimate of drug-likeness (QED) is 0.940. The number of β-amino-alcohol motifs (C(OH)–C–C–N with tert-alkyl or cyclic N) is 1. The van der Waals surface area contributed by atoms with E-state index in [4.69, 9.17) is 26.2 Å². The molecule has 22 heavy (non-hydrogen) atoms. The van der Waals surface area contributed by atoms with Gasteiger partial charge in [0.2, 0.25) is 0 Å². The van der Waals surface area contributed by atoms with Crippen molar-refractivity contribution in [1.82, 2.24) is 4.90 Å². The van der Waals surface area contributed by atoms with Gasteiger partial charge in [-0.1, -0.05) is 29.8 Å². The number of ether oxygens (including phenoxy) is 2. The van der Waals surface area contributed by atoms with Crippen molar-refractivity contribution < 1.29 is 14.6 Å². The van der Waals surface area contributed by atoms with Crippen LogP contribution < -0.4 is 4.74 Å². The minimum absolute atomic E-state index is 0.0329. The van der Waals surface area contributed by atoms with Crippen molar-refractivity contribution in [3.8, 4) is 5.75 Å². The van der Waals surface area contributed by atoms with Gasteiger partial charge in [0.05, 0.1) is 31.5 Å². The van der Waals surface area contributed by atoms with Crippen LogP contribution in [0.2, 0.25) is 5.02 Å². The molecule has 0 saturated carbocycles. The zero-order valence-electron chi connectivity index (χ0n) is 12.6. The normalized spacial score (nSPS) is 19.5. The van der Waals surface area contributed by atoms with Gasteiger partial charge in [-0.05, 0) is 23.1 Å². The van der Waals surface area contributed by atoms with Crippen molar-refractivity contribution in [1.29, 1.82) is 0 Å². The third-order valence-corrected chi connectivity index (χ3v) is 4.49. The van der Waals surface area contributed by atoms with Crippen molar-refractivity contribution in [3.05, 3.63) is 40.9 Å². The molecule has 1 N–H and O–H groups in total. The van der Waals surface area contributed by atoms with Crippen LogP contribution in [0.5, 0.6) is 5.75 Å². The predicted molar refractivity (Wildman–Crippen MR) is 87.7 cm³/mol. The number of aliphatic hydroxyl groups excluding tert-OH is 1. The molecule has 2 aromatic rings. The summed E-state index contributed by atoms with van der Waals surface area (Å²) in [5.74, 6) is 0.685. The first-order chi connectivity index (χ1) is 10.7. The molecule has 1 heterocycles. The van der Waals surface area contributed by atoms with Crippen molar-refractivity contribution in [2.24, 2.45) is 0 Å². The number of halogens is 1. The molecule has 4 nitrogen and oxygen atoms in total. The van der Waals surface area contributed by atoms with Gasteiger partial charge in [0.15, 0.2) is 0 Å². The van der Waals surface area contributed by atoms with E-state index in [1.807, 2.05) is 18.2 Å². The lowest BCUT2D eigenvalue weighted by molar-refractivity contribution is -0.0337. The number of nitrogens with zero attached hydrogens (tertiary/aromatic N) is 1. The third kappa shape index (κ3) is 3.06. The Morgan fingerprint density at radius 2 is 2.23 bits per heavy atom. The van der Waals surface area contributed by atoms with E-state index in [1.54, 1.807) is 7.11 Å². The van der Waals surface area contributed by atoms with Crippen molar-refractivity contribution in [2.45, 2.75) is 6.10 Å². The molecule has 1 aliphatic rings. The molecule has 0 aromatic heterocycles. The van der Waals surface area contributed by atoms with E-state index in [9.17, 15) is 0 Å². The summed E-state index contributed by atoms with van der Waals surface area (Å²) in [5.41, 5.74) is 1.14. The van der Waals surface area contributed by atoms with Gasteiger partial charge in [-0.15, -0.1) is 0 Å². The fraction of sp³-hybridized carbons (Fsp3) is 0.412. The standard InChI is InChI=1S/C17H20ClNO3/c1-21-15-5-3-12-10-13(2-4-14(12)17(15)18)16-11-19(6-8-20)7-9-22-16/h2-5,10,16,20H,6-9,11H2,1H3. The smallest absolute Gasteiger partial charge is 0.138 e. The molecule has 2 aromatic carbocycles. The van der Waals surface area contributed by atoms with Crippen molar-refractivity contribution in [3.63, 3.8) is 0 Å². The van der Waals surface area contributed by atoms with Gasteiger partial charge in [0.25, 0.3) is 0 Å². The molecule has 1 atom stereocenters. The highest BCUT2D eigenvalue weighted by atomic mass is 35.5. The molecular formula is C17H20ClNO3. The fourth-order valence-electron chi connectivity index (χ4n) is 2.90. The highest BCUT2D eigenvalue weighted by molar-refractivity contribution is 6.37. The number of fused-ring (bicyclic) bond motifs is 1. The molecule has 1 unspecified atom stereocenters. The molecule has 118 valence electrons. The van der Waals surface area contributed by atoms with Gasteiger partial charge in [0, 0.05) is 25.0 Å². The zero-order valence-corrected chi connectivity index (χ0v) is 13.3. The lowest BCUT2D eigenvalue weighted by atomic mass is 10.0. The maximum Gasteiger partial charge on any atom is 0.138 e. The molecule has 3 rings (SSSR count). The second kappa shape index (κ2) is 6.84. The summed E-state index contributed by atoms with van der Waals surface area (Å²) in [6.45, 7) is 3.23. The number of aliphatic hydroxyl groups is 1. The van der Waals surface area contributed by atoms with Gasteiger partial charge in [-0.25, -0.2) is 0 Å². The van der Waals surface area contributed by atoms with Gasteiger partial charge in [-0.2, -0.15) is 0 Å². The Labute approximate surface area is 135 Å². The van der Waals surface area contributed by atoms with E-state index in [2.05, 4.69) is 17.0 Å². The first kappa shape index (κ1) is 15.6. The summed E-state index contributed by atoms with van der Waals surface area (Å²) >= 11 is 6.35. The average Bonchev–Trinajstić information content (AvgIpc) is 2.55. The second-order valence-electron chi connectivity index (χ2n) is 5.45. The summed E-state index contributed by atoms with van der Waals surface area (Å²) < 4.78 is 11.1. The van der Waals surface area contributed by atoms with E-state index >= 15 is 0 Å². The van der Waals surface area contributed by atoms with Gasteiger partial charge in [-0.3, -0.25) is 4.90 Å². The van der Waals surface area contributed by atoms with Crippen LogP contribution in [0, 0.1) is 0 Å². The van der Waals surface area contributed by atoms with E-state index < -0.39 is 0 Å². The third-order valence-electron chi connectivity index (χ3n) is 4.10. The number of benzene rings is 2. The lowest BCUT2D eigenvalue weighted by Gasteiger charge is -2.32. The van der Waals surface area contributed by atoms with Crippen LogP contribution in [0.1, 0.15) is 11.7 Å². The summed E-state index contributed by atoms with van der Waals surface area (Å²) in [6.07, 6.45) is 0.0329. The van der Waals surface area contributed by atoms with Crippen LogP contribution >= 0.6 is 11.6 Å². The minimum atomic E-state index is 0.0329. The molecule has 1 aliphatic heterocycles. The van der Waals surface area contributed by atoms with Crippen molar-refractivity contribution >= 4 is 22.4 Å². The Kier molecular flexibility index (Phi) is 4.84. The Morgan fingerprint density at radius 3 is 3.00 bits per heavy atom. The predicted octanol–water partition coefficient (Wildman–Crippen LogP) is 2.87. The maximum absolute atomic E-state index is 9.09. The Balaban J connectivity index is 1.89. The van der Waals surface area contributed by atoms with Crippen LogP contribution in [0.15, 0.2) is 30.3 Å². The zero-order chi connectivity index (χ0) is 15.5. The highest BCUT2D eigenvalue weighted by Gasteiger charge is 2.22. The van der Waals surface area contributed by atoms with E-state index in [0.717, 1.165) is 29.4 Å². The molecule has 0 aliphatic carbocycles. The molecule has 0 radical (unpaired) electrons. The number of rotatable bonds is 4. The number of hydrogen-bond acceptors (Lipinski definition) is 4. The highest BCUT2D eigenvalue weighted by Crippen LogP contribution is 2.34. The fourth-order valence-corrected chi connectivity index (χ4v) is 3.21. The molecule has 1 fully saturated rings. The summed E-state index contributed by atoms with van der Waals surface area (Å²) in [5, 5.41) is 11.8. The van der Waals surface area contributed by atoms with Crippen LogP contribution in [0.3, 0.4) is 0 Å². The summed E-state index contributed by atoms with van der Waals surface area (Å²) in [7, 11) is 1.62. The number of methoxy groups -OCH3 is 1. The second-order valence-corrected chi connectivity index (χ2v) is 5.82. The number of morpholine rings is 1. The largest absolute Gasteiger partial charge is 0.495 e. The van der Waals surface area contributed by atoms with Gasteiger partial charge in [0.1, 0.15) is 5.75 Å². The van der Waals surface area contributed by atoms with Crippen LogP contribution in [0.25, 0.3) is 10.8 Å². The first-order valence-electron chi connectivity index (χ1n) is 7.44. The van der Waals surface area contributed by atoms with Crippen LogP contribution in [0.4, 0.5) is 0 Å². The monoisotopic (exact) mass is 321 g/mol. The van der Waals surface area contributed by atoms with E-state index in [0.29, 0.717) is 23.9 Å². The Hall–Kier alpha value is -1.33. The minimum Gasteiger partial charge on any atom is -0.495 e. The molecule has 0 amide bonds. The maximum atomic E-state index is 9.09. The van der Waals surface area contributed by atoms with Gasteiger partial charge >= 0.3 is 0 Å². The summed E-state index contributed by atoms with van der Waals surface area (Å²) in [6, 6.07) is 10.1. The number of hydrogen-bond donors (Lipinski definition) is 1. The topological polar surface area (TPSA) is 41.9 Å². The molecule has 0 spiro atoms. The summed E-state index contributed by atoms with van der Waals surface area (Å²) in [4.78, 5) is 2.22. The lowest BCUT2D eigenvalue weighted by Crippen LogP contribution is -2.39. The Morgan fingerprint density at radius 1 is 1.36 bits per heavy atom. The first-order valence-corrected chi connectivity index (χ1v) is 7.81. The molecule has 5 heteroatoms. The van der Waals surface area contributed by atoms with E-state index in [1.165, 1.54) is 0 Å². The molecule has 0 bridgehead atoms. The van der Waals surface area contributed by atoms with Crippen LogP contribution in [-0.2, 0) is 4.74 Å². The average molecular weight is 322 g/mol. The van der Waals surface area contributed by atoms with Gasteiger partial charge < -0.3 is 14.6 Å².